The van der Waals surface area contributed by atoms with E-state index in [1.54, 1.807) is 26.2 Å². The highest BCUT2D eigenvalue weighted by Gasteiger charge is 2.37. The lowest BCUT2D eigenvalue weighted by atomic mass is 9.88. The van der Waals surface area contributed by atoms with Crippen molar-refractivity contribution in [2.45, 2.75) is 25.4 Å². The minimum absolute atomic E-state index is 0.0291. The average molecular weight is 576 g/mol. The van der Waals surface area contributed by atoms with Crippen molar-refractivity contribution in [1.82, 2.24) is 4.90 Å². The topological polar surface area (TPSA) is 101 Å². The normalized spacial score (nSPS) is 15.0. The first-order valence-corrected chi connectivity index (χ1v) is 13.6. The number of anilines is 3. The van der Waals surface area contributed by atoms with Crippen molar-refractivity contribution in [3.63, 3.8) is 0 Å². The highest BCUT2D eigenvalue weighted by atomic mass is 32.1. The van der Waals surface area contributed by atoms with Crippen molar-refractivity contribution in [3.05, 3.63) is 88.0 Å². The summed E-state index contributed by atoms with van der Waals surface area (Å²) in [6.07, 6.45) is 5.78. The summed E-state index contributed by atoms with van der Waals surface area (Å²) in [6.45, 7) is 3.32. The molecule has 3 aromatic rings. The zero-order chi connectivity index (χ0) is 28.3. The van der Waals surface area contributed by atoms with Gasteiger partial charge in [-0.15, -0.1) is 0 Å². The summed E-state index contributed by atoms with van der Waals surface area (Å²) >= 11 is 11.1. The van der Waals surface area contributed by atoms with Gasteiger partial charge in [-0.3, -0.25) is 10.1 Å². The predicted octanol–water partition coefficient (Wildman–Crippen LogP) is 6.36. The van der Waals surface area contributed by atoms with Crippen molar-refractivity contribution in [1.29, 1.82) is 0 Å². The van der Waals surface area contributed by atoms with Crippen LogP contribution in [0.15, 0.2) is 66.7 Å². The number of ether oxygens (including phenoxy) is 2. The smallest absolute Gasteiger partial charge is 0.292 e. The highest BCUT2D eigenvalue weighted by molar-refractivity contribution is 7.80. The Morgan fingerprint density at radius 3 is 2.55 bits per heavy atom. The number of methoxy groups -OCH3 is 1. The quantitative estimate of drug-likeness (QED) is 0.181. The van der Waals surface area contributed by atoms with Crippen LogP contribution in [0.4, 0.5) is 22.7 Å². The van der Waals surface area contributed by atoms with Gasteiger partial charge < -0.3 is 30.3 Å². The van der Waals surface area contributed by atoms with Gasteiger partial charge in [-0.2, -0.15) is 0 Å². The van der Waals surface area contributed by atoms with E-state index >= 15 is 0 Å². The molecular formula is C29H29N5O4S2. The average Bonchev–Trinajstić information content (AvgIpc) is 2.94. The molecule has 5 rings (SSSR count). The molecule has 1 spiro atoms. The molecule has 0 atom stereocenters. The third-order valence-electron chi connectivity index (χ3n) is 6.99. The van der Waals surface area contributed by atoms with Gasteiger partial charge in [0.15, 0.2) is 10.2 Å². The standard InChI is InChI=1S/C29H29N5O4S2/c1-19-7-9-22(24(17-19)34(35)36)31-27(39)30-21-8-10-25-20(18-21)11-12-29(38-25)13-15-33(16-14-29)28(40)32-23-5-3-4-6-26(23)37-2/h3-12,17-18H,13-16H2,1-2H3,(H,32,40)(H2,30,31,39). The molecule has 206 valence electrons. The van der Waals surface area contributed by atoms with Crippen LogP contribution in [0.3, 0.4) is 0 Å². The molecule has 11 heteroatoms. The maximum Gasteiger partial charge on any atom is 0.292 e. The largest absolute Gasteiger partial charge is 0.495 e. The number of nitrogens with one attached hydrogen (secondary N) is 3. The Morgan fingerprint density at radius 1 is 1.02 bits per heavy atom. The van der Waals surface area contributed by atoms with Gasteiger partial charge in [0, 0.05) is 43.2 Å². The number of nitrogens with zero attached hydrogens (tertiary/aromatic N) is 2. The number of hydrogen-bond acceptors (Lipinski definition) is 6. The summed E-state index contributed by atoms with van der Waals surface area (Å²) < 4.78 is 11.9. The summed E-state index contributed by atoms with van der Waals surface area (Å²) in [5.41, 5.74) is 3.23. The molecule has 40 heavy (non-hydrogen) atoms. The monoisotopic (exact) mass is 575 g/mol. The van der Waals surface area contributed by atoms with E-state index in [1.807, 2.05) is 42.5 Å². The molecule has 2 aliphatic rings. The summed E-state index contributed by atoms with van der Waals surface area (Å²) in [7, 11) is 1.64. The lowest BCUT2D eigenvalue weighted by Crippen LogP contribution is -2.50. The fraction of sp³-hybridized carbons (Fsp3) is 0.241. The van der Waals surface area contributed by atoms with Crippen LogP contribution >= 0.6 is 24.4 Å². The first kappa shape index (κ1) is 27.4. The van der Waals surface area contributed by atoms with E-state index in [4.69, 9.17) is 33.9 Å². The Balaban J connectivity index is 1.19. The van der Waals surface area contributed by atoms with Crippen LogP contribution in [0.5, 0.6) is 11.5 Å². The van der Waals surface area contributed by atoms with E-state index in [0.29, 0.717) is 10.8 Å². The number of hydrogen-bond donors (Lipinski definition) is 3. The van der Waals surface area contributed by atoms with Gasteiger partial charge in [0.05, 0.1) is 17.7 Å². The minimum Gasteiger partial charge on any atom is -0.495 e. The van der Waals surface area contributed by atoms with E-state index < -0.39 is 4.92 Å². The molecule has 0 aromatic heterocycles. The van der Waals surface area contributed by atoms with Gasteiger partial charge in [0.25, 0.3) is 5.69 Å². The molecule has 2 heterocycles. The second-order valence-electron chi connectivity index (χ2n) is 9.73. The molecule has 0 amide bonds. The van der Waals surface area contributed by atoms with Crippen LogP contribution in [0.25, 0.3) is 6.08 Å². The number of piperidine rings is 1. The van der Waals surface area contributed by atoms with Crippen LogP contribution in [0, 0.1) is 17.0 Å². The second-order valence-corrected chi connectivity index (χ2v) is 10.5. The van der Waals surface area contributed by atoms with E-state index in [2.05, 4.69) is 33.0 Å². The number of rotatable bonds is 5. The van der Waals surface area contributed by atoms with Crippen LogP contribution in [0.2, 0.25) is 0 Å². The third-order valence-corrected chi connectivity index (χ3v) is 7.56. The van der Waals surface area contributed by atoms with Crippen LogP contribution in [0.1, 0.15) is 24.0 Å². The minimum atomic E-state index is -0.427. The Hall–Kier alpha value is -4.22. The number of para-hydroxylation sites is 2. The molecular weight excluding hydrogens is 546 g/mol. The molecule has 3 N–H and O–H groups in total. The summed E-state index contributed by atoms with van der Waals surface area (Å²) in [5, 5.41) is 21.7. The number of likely N-dealkylation sites (tertiary alicyclic amines) is 1. The van der Waals surface area contributed by atoms with Crippen molar-refractivity contribution in [2.75, 3.05) is 36.1 Å². The number of thiocarbonyl (C=S) groups is 2. The van der Waals surface area contributed by atoms with Crippen molar-refractivity contribution in [3.8, 4) is 11.5 Å². The summed E-state index contributed by atoms with van der Waals surface area (Å²) in [5.74, 6) is 1.54. The van der Waals surface area contributed by atoms with Gasteiger partial charge in [0.2, 0.25) is 0 Å². The number of nitro groups is 1. The van der Waals surface area contributed by atoms with Crippen LogP contribution in [-0.2, 0) is 0 Å². The van der Waals surface area contributed by atoms with Crippen LogP contribution in [-0.4, -0.2) is 45.8 Å². The van der Waals surface area contributed by atoms with E-state index in [0.717, 1.165) is 59.9 Å². The maximum atomic E-state index is 11.4. The molecule has 9 nitrogen and oxygen atoms in total. The Labute approximate surface area is 243 Å². The molecule has 0 aliphatic carbocycles. The number of aryl methyl sites for hydroxylation is 1. The van der Waals surface area contributed by atoms with Crippen molar-refractivity contribution in [2.24, 2.45) is 0 Å². The fourth-order valence-corrected chi connectivity index (χ4v) is 5.35. The van der Waals surface area contributed by atoms with Gasteiger partial charge in [-0.25, -0.2) is 0 Å². The Morgan fingerprint density at radius 2 is 1.80 bits per heavy atom. The van der Waals surface area contributed by atoms with Gasteiger partial charge >= 0.3 is 0 Å². The van der Waals surface area contributed by atoms with E-state index in [-0.39, 0.29) is 16.4 Å². The first-order valence-electron chi connectivity index (χ1n) is 12.8. The molecule has 1 fully saturated rings. The molecule has 2 aliphatic heterocycles. The lowest BCUT2D eigenvalue weighted by molar-refractivity contribution is -0.383. The molecule has 1 saturated heterocycles. The zero-order valence-corrected chi connectivity index (χ0v) is 23.7. The van der Waals surface area contributed by atoms with Crippen LogP contribution < -0.4 is 25.4 Å². The van der Waals surface area contributed by atoms with E-state index in [1.165, 1.54) is 6.07 Å². The van der Waals surface area contributed by atoms with Gasteiger partial charge in [-0.1, -0.05) is 24.3 Å². The maximum absolute atomic E-state index is 11.4. The molecule has 0 radical (unpaired) electrons. The molecule has 0 unspecified atom stereocenters. The molecule has 0 bridgehead atoms. The number of fused-ring (bicyclic) bond motifs is 1. The highest BCUT2D eigenvalue weighted by Crippen LogP contribution is 2.38. The van der Waals surface area contributed by atoms with Crippen molar-refractivity contribution < 1.29 is 14.4 Å². The summed E-state index contributed by atoms with van der Waals surface area (Å²) in [4.78, 5) is 13.1. The number of benzene rings is 3. The van der Waals surface area contributed by atoms with Crippen molar-refractivity contribution >= 4 is 63.5 Å². The Kier molecular flexibility index (Phi) is 7.85. The number of nitro benzene ring substituents is 1. The predicted molar refractivity (Wildman–Crippen MR) is 167 cm³/mol. The van der Waals surface area contributed by atoms with Gasteiger partial charge in [-0.05, 0) is 79.4 Å². The fourth-order valence-electron chi connectivity index (χ4n) is 4.83. The second kappa shape index (κ2) is 11.5. The summed E-state index contributed by atoms with van der Waals surface area (Å²) in [6, 6.07) is 18.4. The third kappa shape index (κ3) is 6.00. The SMILES string of the molecule is COc1ccccc1NC(=S)N1CCC2(C=Cc3cc(NC(=S)Nc4ccc(C)cc4[N+](=O)[O-])ccc3O2)CC1. The first-order chi connectivity index (χ1) is 19.2. The lowest BCUT2D eigenvalue weighted by Gasteiger charge is -2.42. The van der Waals surface area contributed by atoms with E-state index in [9.17, 15) is 10.1 Å². The zero-order valence-electron chi connectivity index (χ0n) is 22.1. The molecule has 0 saturated carbocycles. The van der Waals surface area contributed by atoms with Gasteiger partial charge in [0.1, 0.15) is 22.8 Å². The Bertz CT molecular complexity index is 1500. The molecule has 3 aromatic carbocycles.